The topological polar surface area (TPSA) is 69.6 Å². The van der Waals surface area contributed by atoms with Crippen LogP contribution in [0, 0.1) is 0 Å². The molecule has 0 saturated heterocycles. The van der Waals surface area contributed by atoms with Crippen molar-refractivity contribution in [3.63, 3.8) is 0 Å². The maximum Gasteiger partial charge on any atom is 0.168 e. The van der Waals surface area contributed by atoms with Gasteiger partial charge in [-0.2, -0.15) is 5.10 Å². The lowest BCUT2D eigenvalue weighted by atomic mass is 10.1. The molecule has 0 aliphatic heterocycles. The number of fused-ring (bicyclic) bond motifs is 1. The first-order valence-corrected chi connectivity index (χ1v) is 6.84. The van der Waals surface area contributed by atoms with Gasteiger partial charge in [0.15, 0.2) is 5.65 Å². The minimum atomic E-state index is 0.503. The van der Waals surface area contributed by atoms with Crippen LogP contribution in [0.1, 0.15) is 25.5 Å². The van der Waals surface area contributed by atoms with Gasteiger partial charge in [-0.1, -0.05) is 31.5 Å². The smallest absolute Gasteiger partial charge is 0.168 e. The maximum absolute atomic E-state index is 6.02. The Kier molecular flexibility index (Phi) is 3.33. The lowest BCUT2D eigenvalue weighted by molar-refractivity contribution is 0.757. The fourth-order valence-electron chi connectivity index (χ4n) is 2.31. The molecule has 0 spiro atoms. The molecule has 5 heteroatoms. The van der Waals surface area contributed by atoms with Crippen LogP contribution < -0.4 is 5.73 Å². The van der Waals surface area contributed by atoms with Gasteiger partial charge in [-0.25, -0.2) is 14.6 Å². The SMILES string of the molecule is CCCCc1nn(-c2ccccc2)c2ncnc(N)c12. The summed E-state index contributed by atoms with van der Waals surface area (Å²) in [6, 6.07) is 9.97. The third kappa shape index (κ3) is 2.11. The van der Waals surface area contributed by atoms with Gasteiger partial charge in [-0.05, 0) is 25.0 Å². The zero-order chi connectivity index (χ0) is 13.9. The third-order valence-corrected chi connectivity index (χ3v) is 3.33. The van der Waals surface area contributed by atoms with Crippen molar-refractivity contribution in [3.05, 3.63) is 42.4 Å². The third-order valence-electron chi connectivity index (χ3n) is 3.33. The van der Waals surface area contributed by atoms with Crippen LogP contribution in [-0.4, -0.2) is 19.7 Å². The van der Waals surface area contributed by atoms with Crippen molar-refractivity contribution in [1.29, 1.82) is 0 Å². The van der Waals surface area contributed by atoms with E-state index in [1.165, 1.54) is 6.33 Å². The van der Waals surface area contributed by atoms with Gasteiger partial charge in [0.2, 0.25) is 0 Å². The van der Waals surface area contributed by atoms with E-state index in [0.717, 1.165) is 41.7 Å². The van der Waals surface area contributed by atoms with E-state index < -0.39 is 0 Å². The minimum Gasteiger partial charge on any atom is -0.383 e. The molecule has 1 aromatic carbocycles. The van der Waals surface area contributed by atoms with Crippen molar-refractivity contribution < 1.29 is 0 Å². The summed E-state index contributed by atoms with van der Waals surface area (Å²) < 4.78 is 1.85. The van der Waals surface area contributed by atoms with E-state index in [1.807, 2.05) is 35.0 Å². The largest absolute Gasteiger partial charge is 0.383 e. The number of aromatic nitrogens is 4. The summed E-state index contributed by atoms with van der Waals surface area (Å²) in [6.07, 6.45) is 4.58. The second-order valence-electron chi connectivity index (χ2n) is 4.76. The number of hydrogen-bond acceptors (Lipinski definition) is 4. The first kappa shape index (κ1) is 12.6. The van der Waals surface area contributed by atoms with Gasteiger partial charge >= 0.3 is 0 Å². The molecule has 0 aliphatic carbocycles. The summed E-state index contributed by atoms with van der Waals surface area (Å²) in [5.41, 5.74) is 8.75. The van der Waals surface area contributed by atoms with Crippen molar-refractivity contribution in [1.82, 2.24) is 19.7 Å². The molecule has 3 rings (SSSR count). The summed E-state index contributed by atoms with van der Waals surface area (Å²) in [5.74, 6) is 0.503. The molecule has 0 amide bonds. The summed E-state index contributed by atoms with van der Waals surface area (Å²) in [7, 11) is 0. The van der Waals surface area contributed by atoms with Crippen LogP contribution in [0.25, 0.3) is 16.7 Å². The molecule has 20 heavy (non-hydrogen) atoms. The molecule has 0 atom stereocenters. The Morgan fingerprint density at radius 3 is 2.70 bits per heavy atom. The molecule has 0 unspecified atom stereocenters. The standard InChI is InChI=1S/C15H17N5/c1-2-3-9-12-13-14(16)17-10-18-15(13)20(19-12)11-7-5-4-6-8-11/h4-8,10H,2-3,9H2,1H3,(H2,16,17,18). The van der Waals surface area contributed by atoms with Crippen molar-refractivity contribution in [3.8, 4) is 5.69 Å². The van der Waals surface area contributed by atoms with Gasteiger partial charge in [0.25, 0.3) is 0 Å². The van der Waals surface area contributed by atoms with E-state index in [1.54, 1.807) is 0 Å². The molecule has 3 aromatic rings. The number of rotatable bonds is 4. The van der Waals surface area contributed by atoms with Crippen molar-refractivity contribution >= 4 is 16.9 Å². The van der Waals surface area contributed by atoms with Gasteiger partial charge in [-0.3, -0.25) is 0 Å². The Bertz CT molecular complexity index is 718. The highest BCUT2D eigenvalue weighted by molar-refractivity contribution is 5.89. The Labute approximate surface area is 117 Å². The predicted octanol–water partition coefficient (Wildman–Crippen LogP) is 2.74. The second kappa shape index (κ2) is 5.28. The molecular formula is C15H17N5. The first-order valence-electron chi connectivity index (χ1n) is 6.84. The van der Waals surface area contributed by atoms with Gasteiger partial charge < -0.3 is 5.73 Å². The average Bonchev–Trinajstić information content (AvgIpc) is 2.86. The summed E-state index contributed by atoms with van der Waals surface area (Å²) in [6.45, 7) is 2.16. The molecule has 0 aliphatic rings. The number of anilines is 1. The number of nitrogens with two attached hydrogens (primary N) is 1. The summed E-state index contributed by atoms with van der Waals surface area (Å²) >= 11 is 0. The van der Waals surface area contributed by atoms with Crippen LogP contribution in [-0.2, 0) is 6.42 Å². The van der Waals surface area contributed by atoms with E-state index in [0.29, 0.717) is 5.82 Å². The molecule has 2 heterocycles. The number of nitrogens with zero attached hydrogens (tertiary/aromatic N) is 4. The lowest BCUT2D eigenvalue weighted by Gasteiger charge is -2.01. The fourth-order valence-corrected chi connectivity index (χ4v) is 2.31. The molecule has 2 aromatic heterocycles. The van der Waals surface area contributed by atoms with E-state index in [2.05, 4.69) is 16.9 Å². The number of nitrogen functional groups attached to an aromatic ring is 1. The fraction of sp³-hybridized carbons (Fsp3) is 0.267. The Balaban J connectivity index is 2.21. The summed E-state index contributed by atoms with van der Waals surface area (Å²) in [5, 5.41) is 5.57. The molecule has 0 saturated carbocycles. The van der Waals surface area contributed by atoms with Gasteiger partial charge in [0.1, 0.15) is 12.1 Å². The van der Waals surface area contributed by atoms with Gasteiger partial charge in [-0.15, -0.1) is 0 Å². The highest BCUT2D eigenvalue weighted by Gasteiger charge is 2.15. The molecule has 0 radical (unpaired) electrons. The van der Waals surface area contributed by atoms with E-state index >= 15 is 0 Å². The number of hydrogen-bond donors (Lipinski definition) is 1. The Hall–Kier alpha value is -2.43. The highest BCUT2D eigenvalue weighted by atomic mass is 15.3. The van der Waals surface area contributed by atoms with E-state index in [4.69, 9.17) is 10.8 Å². The van der Waals surface area contributed by atoms with E-state index in [9.17, 15) is 0 Å². The highest BCUT2D eigenvalue weighted by Crippen LogP contribution is 2.25. The molecular weight excluding hydrogens is 250 g/mol. The average molecular weight is 267 g/mol. The normalized spacial score (nSPS) is 11.1. The van der Waals surface area contributed by atoms with Gasteiger partial charge in [0, 0.05) is 0 Å². The molecule has 102 valence electrons. The first-order chi connectivity index (χ1) is 9.81. The Morgan fingerprint density at radius 1 is 1.15 bits per heavy atom. The van der Waals surface area contributed by atoms with Crippen molar-refractivity contribution in [2.75, 3.05) is 5.73 Å². The van der Waals surface area contributed by atoms with Crippen LogP contribution in [0.5, 0.6) is 0 Å². The van der Waals surface area contributed by atoms with Crippen LogP contribution in [0.4, 0.5) is 5.82 Å². The van der Waals surface area contributed by atoms with Crippen LogP contribution in [0.15, 0.2) is 36.7 Å². The predicted molar refractivity (Wildman–Crippen MR) is 79.7 cm³/mol. The van der Waals surface area contributed by atoms with Crippen molar-refractivity contribution in [2.24, 2.45) is 0 Å². The zero-order valence-corrected chi connectivity index (χ0v) is 11.5. The summed E-state index contributed by atoms with van der Waals surface area (Å²) in [4.78, 5) is 8.45. The zero-order valence-electron chi connectivity index (χ0n) is 11.5. The number of aryl methyl sites for hydroxylation is 1. The monoisotopic (exact) mass is 267 g/mol. The number of benzene rings is 1. The van der Waals surface area contributed by atoms with Gasteiger partial charge in [0.05, 0.1) is 16.8 Å². The quantitative estimate of drug-likeness (QED) is 0.789. The second-order valence-corrected chi connectivity index (χ2v) is 4.76. The Morgan fingerprint density at radius 2 is 1.95 bits per heavy atom. The number of unbranched alkanes of at least 4 members (excludes halogenated alkanes) is 1. The number of para-hydroxylation sites is 1. The van der Waals surface area contributed by atoms with Crippen molar-refractivity contribution in [2.45, 2.75) is 26.2 Å². The van der Waals surface area contributed by atoms with Crippen LogP contribution >= 0.6 is 0 Å². The van der Waals surface area contributed by atoms with E-state index in [-0.39, 0.29) is 0 Å². The van der Waals surface area contributed by atoms with Crippen LogP contribution in [0.3, 0.4) is 0 Å². The molecule has 5 nitrogen and oxygen atoms in total. The van der Waals surface area contributed by atoms with Crippen LogP contribution in [0.2, 0.25) is 0 Å². The lowest BCUT2D eigenvalue weighted by Crippen LogP contribution is -1.98. The molecule has 0 bridgehead atoms. The molecule has 2 N–H and O–H groups in total. The molecule has 0 fully saturated rings. The minimum absolute atomic E-state index is 0.503. The maximum atomic E-state index is 6.02.